The summed E-state index contributed by atoms with van der Waals surface area (Å²) in [5.41, 5.74) is 2.96. The molecule has 0 N–H and O–H groups in total. The molecule has 0 saturated carbocycles. The van der Waals surface area contributed by atoms with Gasteiger partial charge in [-0.25, -0.2) is 4.98 Å². The molecule has 0 aliphatic carbocycles. The minimum Gasteiger partial charge on any atom is -0.441 e. The van der Waals surface area contributed by atoms with Crippen LogP contribution in [-0.4, -0.2) is 22.8 Å². The van der Waals surface area contributed by atoms with E-state index in [0.29, 0.717) is 13.0 Å². The van der Waals surface area contributed by atoms with Gasteiger partial charge in [0.15, 0.2) is 11.5 Å². The predicted molar refractivity (Wildman–Crippen MR) is 115 cm³/mol. The van der Waals surface area contributed by atoms with Gasteiger partial charge in [0.2, 0.25) is 5.91 Å². The van der Waals surface area contributed by atoms with E-state index in [2.05, 4.69) is 4.98 Å². The lowest BCUT2D eigenvalue weighted by molar-refractivity contribution is -0.130. The van der Waals surface area contributed by atoms with E-state index in [1.54, 1.807) is 4.90 Å². The van der Waals surface area contributed by atoms with E-state index in [0.717, 1.165) is 17.0 Å². The Balaban J connectivity index is 0.000000430. The van der Waals surface area contributed by atoms with Crippen LogP contribution in [0.15, 0.2) is 59.0 Å². The molecule has 2 aromatic carbocycles. The number of aryl methyl sites for hydroxylation is 1. The molecule has 148 valence electrons. The first kappa shape index (κ1) is 24.4. The van der Waals surface area contributed by atoms with Crippen LogP contribution in [0.25, 0.3) is 11.1 Å². The highest BCUT2D eigenvalue weighted by Gasteiger charge is 2.05. The fourth-order valence-corrected chi connectivity index (χ4v) is 2.20. The maximum Gasteiger partial charge on any atom is 0.222 e. The van der Waals surface area contributed by atoms with E-state index in [-0.39, 0.29) is 5.91 Å². The number of rotatable bonds is 3. The summed E-state index contributed by atoms with van der Waals surface area (Å²) in [4.78, 5) is 17.1. The second-order valence-corrected chi connectivity index (χ2v) is 5.29. The summed E-state index contributed by atoms with van der Waals surface area (Å²) in [6.45, 7) is 12.4. The minimum atomic E-state index is 0.184. The highest BCUT2D eigenvalue weighted by molar-refractivity contribution is 5.75. The average Bonchev–Trinajstić information content (AvgIpc) is 3.11. The van der Waals surface area contributed by atoms with Gasteiger partial charge in [-0.05, 0) is 17.7 Å². The molecule has 1 amide bonds. The zero-order chi connectivity index (χ0) is 20.7. The summed E-state index contributed by atoms with van der Waals surface area (Å²) in [7, 11) is 1.83. The number of nitrogens with zero attached hydrogens (tertiary/aromatic N) is 2. The number of amides is 1. The monoisotopic (exact) mass is 370 g/mol. The smallest absolute Gasteiger partial charge is 0.222 e. The van der Waals surface area contributed by atoms with Gasteiger partial charge >= 0.3 is 0 Å². The van der Waals surface area contributed by atoms with E-state index in [9.17, 15) is 4.79 Å². The molecular formula is C23H34N2O2. The van der Waals surface area contributed by atoms with Crippen LogP contribution in [0.4, 0.5) is 0 Å². The Labute approximate surface area is 164 Å². The number of hydrogen-bond donors (Lipinski definition) is 0. The molecule has 0 saturated heterocycles. The quantitative estimate of drug-likeness (QED) is 0.548. The number of hydrogen-bond acceptors (Lipinski definition) is 3. The highest BCUT2D eigenvalue weighted by Crippen LogP contribution is 2.12. The molecule has 0 aliphatic rings. The Kier molecular flexibility index (Phi) is 13.1. The standard InChI is InChI=1S/C11H15NO.C8H7NO.2C2H6/c1-3-11(13)12(2)9-10-7-5-4-6-8-10;1-6-9-7-4-2-3-5-8(7)10-6;2*1-2/h4-8H,3,9H2,1-2H3;2-5H,1H3;2*1-2H3. The summed E-state index contributed by atoms with van der Waals surface area (Å²) < 4.78 is 5.26. The molecule has 0 aliphatic heterocycles. The molecule has 0 radical (unpaired) electrons. The number of carbonyl (C=O) groups excluding carboxylic acids is 1. The Hall–Kier alpha value is -2.62. The van der Waals surface area contributed by atoms with Crippen molar-refractivity contribution < 1.29 is 9.21 Å². The van der Waals surface area contributed by atoms with Crippen LogP contribution >= 0.6 is 0 Å². The molecule has 4 heteroatoms. The van der Waals surface area contributed by atoms with E-state index in [1.807, 2.05) is 103 Å². The first-order valence-corrected chi connectivity index (χ1v) is 9.70. The molecule has 1 aromatic heterocycles. The fourth-order valence-electron chi connectivity index (χ4n) is 2.20. The number of carbonyl (C=O) groups is 1. The second kappa shape index (κ2) is 14.5. The third-order valence-corrected chi connectivity index (χ3v) is 3.39. The fraction of sp³-hybridized carbons (Fsp3) is 0.391. The summed E-state index contributed by atoms with van der Waals surface area (Å²) in [5.74, 6) is 0.907. The van der Waals surface area contributed by atoms with Gasteiger partial charge in [0.05, 0.1) is 0 Å². The largest absolute Gasteiger partial charge is 0.441 e. The normalized spacial score (nSPS) is 9.00. The SMILES string of the molecule is CC.CC.CCC(=O)N(C)Cc1ccccc1.Cc1nc2ccccc2o1. The van der Waals surface area contributed by atoms with E-state index < -0.39 is 0 Å². The lowest BCUT2D eigenvalue weighted by Crippen LogP contribution is -2.24. The van der Waals surface area contributed by atoms with Crippen LogP contribution < -0.4 is 0 Å². The number of para-hydroxylation sites is 2. The van der Waals surface area contributed by atoms with Crippen molar-refractivity contribution in [3.63, 3.8) is 0 Å². The maximum atomic E-state index is 11.2. The highest BCUT2D eigenvalue weighted by atomic mass is 16.3. The van der Waals surface area contributed by atoms with Gasteiger partial charge in [-0.3, -0.25) is 4.79 Å². The van der Waals surface area contributed by atoms with Crippen LogP contribution in [0, 0.1) is 6.92 Å². The van der Waals surface area contributed by atoms with Gasteiger partial charge in [0.25, 0.3) is 0 Å². The lowest BCUT2D eigenvalue weighted by atomic mass is 10.2. The van der Waals surface area contributed by atoms with Gasteiger partial charge in [-0.1, -0.05) is 77.1 Å². The lowest BCUT2D eigenvalue weighted by Gasteiger charge is -2.15. The summed E-state index contributed by atoms with van der Waals surface area (Å²) in [6, 6.07) is 17.7. The summed E-state index contributed by atoms with van der Waals surface area (Å²) in [6.07, 6.45) is 0.573. The van der Waals surface area contributed by atoms with Gasteiger partial charge in [-0.2, -0.15) is 0 Å². The molecule has 27 heavy (non-hydrogen) atoms. The third kappa shape index (κ3) is 9.04. The molecule has 0 fully saturated rings. The maximum absolute atomic E-state index is 11.2. The van der Waals surface area contributed by atoms with E-state index in [4.69, 9.17) is 4.42 Å². The molecule has 3 rings (SSSR count). The molecule has 0 bridgehead atoms. The molecule has 3 aromatic rings. The van der Waals surface area contributed by atoms with Crippen molar-refractivity contribution in [2.45, 2.75) is 54.5 Å². The predicted octanol–water partition coefficient (Wildman–Crippen LogP) is 6.24. The number of fused-ring (bicyclic) bond motifs is 1. The molecule has 0 unspecified atom stereocenters. The van der Waals surface area contributed by atoms with E-state index in [1.165, 1.54) is 5.56 Å². The molecular weight excluding hydrogens is 336 g/mol. The van der Waals surface area contributed by atoms with Gasteiger partial charge in [-0.15, -0.1) is 0 Å². The van der Waals surface area contributed by atoms with Crippen molar-refractivity contribution in [2.75, 3.05) is 7.05 Å². The molecule has 4 nitrogen and oxygen atoms in total. The zero-order valence-corrected chi connectivity index (χ0v) is 17.8. The Morgan fingerprint density at radius 1 is 0.963 bits per heavy atom. The van der Waals surface area contributed by atoms with Crippen molar-refractivity contribution in [3.8, 4) is 0 Å². The number of aromatic nitrogens is 1. The number of benzene rings is 2. The summed E-state index contributed by atoms with van der Waals surface area (Å²) in [5, 5.41) is 0. The Morgan fingerprint density at radius 2 is 1.52 bits per heavy atom. The average molecular weight is 371 g/mol. The zero-order valence-electron chi connectivity index (χ0n) is 17.8. The van der Waals surface area contributed by atoms with Crippen molar-refractivity contribution in [2.24, 2.45) is 0 Å². The molecule has 1 heterocycles. The van der Waals surface area contributed by atoms with Crippen LogP contribution in [-0.2, 0) is 11.3 Å². The first-order valence-electron chi connectivity index (χ1n) is 9.70. The van der Waals surface area contributed by atoms with Gasteiger partial charge < -0.3 is 9.32 Å². The topological polar surface area (TPSA) is 46.3 Å². The van der Waals surface area contributed by atoms with Crippen LogP contribution in [0.5, 0.6) is 0 Å². The minimum absolute atomic E-state index is 0.184. The van der Waals surface area contributed by atoms with Crippen LogP contribution in [0.2, 0.25) is 0 Å². The van der Waals surface area contributed by atoms with Crippen molar-refractivity contribution in [1.29, 1.82) is 0 Å². The molecule has 0 spiro atoms. The Morgan fingerprint density at radius 3 is 2.07 bits per heavy atom. The second-order valence-electron chi connectivity index (χ2n) is 5.29. The van der Waals surface area contributed by atoms with Gasteiger partial charge in [0.1, 0.15) is 5.52 Å². The van der Waals surface area contributed by atoms with Crippen LogP contribution in [0.3, 0.4) is 0 Å². The van der Waals surface area contributed by atoms with Crippen molar-refractivity contribution in [3.05, 3.63) is 66.1 Å². The first-order chi connectivity index (χ1) is 13.1. The third-order valence-electron chi connectivity index (χ3n) is 3.39. The molecule has 0 atom stereocenters. The van der Waals surface area contributed by atoms with Gasteiger partial charge in [0, 0.05) is 26.9 Å². The van der Waals surface area contributed by atoms with Crippen molar-refractivity contribution in [1.82, 2.24) is 9.88 Å². The van der Waals surface area contributed by atoms with Crippen LogP contribution in [0.1, 0.15) is 52.5 Å². The Bertz CT molecular complexity index is 718. The van der Waals surface area contributed by atoms with E-state index >= 15 is 0 Å². The number of oxazole rings is 1. The summed E-state index contributed by atoms with van der Waals surface area (Å²) >= 11 is 0. The van der Waals surface area contributed by atoms with Crippen molar-refractivity contribution >= 4 is 17.0 Å².